The highest BCUT2D eigenvalue weighted by Gasteiger charge is 2.38. The summed E-state index contributed by atoms with van der Waals surface area (Å²) < 4.78 is 63.5. The van der Waals surface area contributed by atoms with Gasteiger partial charge in [-0.05, 0) is 36.6 Å². The van der Waals surface area contributed by atoms with Gasteiger partial charge in [0.05, 0.1) is 18.8 Å². The van der Waals surface area contributed by atoms with Gasteiger partial charge in [0.25, 0.3) is 0 Å². The molecule has 2 amide bonds. The van der Waals surface area contributed by atoms with Crippen LogP contribution in [0.25, 0.3) is 0 Å². The molecule has 170 valence electrons. The highest BCUT2D eigenvalue weighted by Crippen LogP contribution is 2.59. The van der Waals surface area contributed by atoms with Crippen molar-refractivity contribution in [1.82, 2.24) is 5.32 Å². The van der Waals surface area contributed by atoms with Gasteiger partial charge in [-0.2, -0.15) is 13.2 Å². The fraction of sp³-hybridized carbons (Fsp3) is 0.381. The van der Waals surface area contributed by atoms with Gasteiger partial charge >= 0.3 is 19.8 Å². The molecule has 0 aliphatic rings. The smallest absolute Gasteiger partial charge is 0.320 e. The van der Waals surface area contributed by atoms with Crippen molar-refractivity contribution in [1.29, 1.82) is 0 Å². The molecule has 0 radical (unpaired) electrons. The number of alkyl halides is 3. The molecule has 0 spiro atoms. The number of rotatable bonds is 10. The lowest BCUT2D eigenvalue weighted by atomic mass is 10.2. The molecule has 0 aromatic heterocycles. The van der Waals surface area contributed by atoms with Crippen molar-refractivity contribution in [2.45, 2.75) is 38.6 Å². The lowest BCUT2D eigenvalue weighted by molar-refractivity contribution is -0.137. The number of amides is 2. The molecule has 1 atom stereocenters. The maximum Gasteiger partial charge on any atom is 0.416 e. The van der Waals surface area contributed by atoms with Gasteiger partial charge in [0, 0.05) is 5.69 Å². The molecule has 0 bridgehead atoms. The molecule has 0 fully saturated rings. The predicted octanol–water partition coefficient (Wildman–Crippen LogP) is 6.57. The van der Waals surface area contributed by atoms with Gasteiger partial charge in [-0.25, -0.2) is 4.79 Å². The maximum atomic E-state index is 13.6. The number of carbonyl (C=O) groups is 1. The Labute approximate surface area is 179 Å². The summed E-state index contributed by atoms with van der Waals surface area (Å²) in [5, 5.41) is 4.91. The van der Waals surface area contributed by atoms with E-state index in [0.29, 0.717) is 18.4 Å². The first-order valence-electron chi connectivity index (χ1n) is 9.88. The summed E-state index contributed by atoms with van der Waals surface area (Å²) in [6.45, 7) is 3.99. The molecule has 0 aliphatic heterocycles. The quantitative estimate of drug-likeness (QED) is 0.395. The lowest BCUT2D eigenvalue weighted by Crippen LogP contribution is -2.33. The Hall–Kier alpha value is -2.35. The van der Waals surface area contributed by atoms with E-state index < -0.39 is 31.1 Å². The summed E-state index contributed by atoms with van der Waals surface area (Å²) in [6.07, 6.45) is -3.38. The number of hydrogen-bond acceptors (Lipinski definition) is 4. The molecule has 2 aromatic rings. The van der Waals surface area contributed by atoms with Crippen LogP contribution in [0, 0.1) is 0 Å². The van der Waals surface area contributed by atoms with Crippen molar-refractivity contribution < 1.29 is 31.6 Å². The van der Waals surface area contributed by atoms with E-state index in [-0.39, 0.29) is 18.9 Å². The molecule has 0 heterocycles. The van der Waals surface area contributed by atoms with Crippen LogP contribution in [-0.4, -0.2) is 19.2 Å². The van der Waals surface area contributed by atoms with E-state index in [9.17, 15) is 22.5 Å². The predicted molar refractivity (Wildman–Crippen MR) is 113 cm³/mol. The van der Waals surface area contributed by atoms with Gasteiger partial charge in [-0.3, -0.25) is 4.57 Å². The monoisotopic (exact) mass is 458 g/mol. The first-order valence-corrected chi connectivity index (χ1v) is 11.5. The minimum atomic E-state index is -4.54. The van der Waals surface area contributed by atoms with Crippen molar-refractivity contribution in [2.24, 2.45) is 0 Å². The Morgan fingerprint density at radius 1 is 1.00 bits per heavy atom. The minimum Gasteiger partial charge on any atom is -0.320 e. The summed E-state index contributed by atoms with van der Waals surface area (Å²) in [5.41, 5.74) is -0.469. The maximum absolute atomic E-state index is 13.6. The van der Waals surface area contributed by atoms with E-state index in [1.807, 2.05) is 13.8 Å². The third kappa shape index (κ3) is 7.38. The summed E-state index contributed by atoms with van der Waals surface area (Å²) in [5.74, 6) is -1.14. The molecular formula is C21H26F3N2O4P. The van der Waals surface area contributed by atoms with Gasteiger partial charge in [-0.1, -0.05) is 50.2 Å². The molecule has 31 heavy (non-hydrogen) atoms. The Kier molecular flexibility index (Phi) is 9.10. The first-order chi connectivity index (χ1) is 14.7. The fourth-order valence-corrected chi connectivity index (χ4v) is 4.73. The number of hydrogen-bond donors (Lipinski definition) is 2. The van der Waals surface area contributed by atoms with E-state index in [4.69, 9.17) is 9.05 Å². The second kappa shape index (κ2) is 11.3. The normalized spacial score (nSPS) is 12.9. The van der Waals surface area contributed by atoms with Gasteiger partial charge in [0.2, 0.25) is 0 Å². The van der Waals surface area contributed by atoms with Crippen LogP contribution in [0.1, 0.15) is 43.6 Å². The van der Waals surface area contributed by atoms with Crippen molar-refractivity contribution in [2.75, 3.05) is 18.5 Å². The summed E-state index contributed by atoms with van der Waals surface area (Å²) in [7, 11) is -3.83. The Bertz CT molecular complexity index is 882. The molecule has 6 nitrogen and oxygen atoms in total. The molecule has 10 heteroatoms. The number of anilines is 1. The molecule has 0 saturated carbocycles. The van der Waals surface area contributed by atoms with E-state index in [2.05, 4.69) is 10.6 Å². The Morgan fingerprint density at radius 3 is 2.16 bits per heavy atom. The third-order valence-electron chi connectivity index (χ3n) is 4.10. The van der Waals surface area contributed by atoms with Gasteiger partial charge in [-0.15, -0.1) is 0 Å². The average molecular weight is 458 g/mol. The van der Waals surface area contributed by atoms with E-state index in [1.165, 1.54) is 12.1 Å². The number of carbonyl (C=O) groups excluding carboxylic acids is 1. The highest BCUT2D eigenvalue weighted by atomic mass is 31.2. The molecule has 0 aliphatic carbocycles. The Balaban J connectivity index is 2.29. The van der Waals surface area contributed by atoms with Crippen LogP contribution in [0.2, 0.25) is 0 Å². The molecule has 0 saturated heterocycles. The second-order valence-electron chi connectivity index (χ2n) is 6.70. The first kappa shape index (κ1) is 24.9. The van der Waals surface area contributed by atoms with Crippen molar-refractivity contribution in [3.63, 3.8) is 0 Å². The number of urea groups is 1. The highest BCUT2D eigenvalue weighted by molar-refractivity contribution is 7.54. The van der Waals surface area contributed by atoms with Crippen LogP contribution >= 0.6 is 7.60 Å². The number of halogens is 3. The lowest BCUT2D eigenvalue weighted by Gasteiger charge is -2.28. The van der Waals surface area contributed by atoms with Crippen LogP contribution in [0.15, 0.2) is 54.6 Å². The molecule has 2 aromatic carbocycles. The minimum absolute atomic E-state index is 0.0575. The number of benzene rings is 2. The van der Waals surface area contributed by atoms with E-state index in [0.717, 1.165) is 12.1 Å². The molecule has 2 rings (SSSR count). The topological polar surface area (TPSA) is 76.7 Å². The van der Waals surface area contributed by atoms with Crippen LogP contribution in [-0.2, 0) is 19.8 Å². The van der Waals surface area contributed by atoms with Crippen molar-refractivity contribution in [3.8, 4) is 0 Å². The zero-order chi connectivity index (χ0) is 22.9. The van der Waals surface area contributed by atoms with Gasteiger partial charge < -0.3 is 19.7 Å². The zero-order valence-corrected chi connectivity index (χ0v) is 18.2. The van der Waals surface area contributed by atoms with Crippen LogP contribution in [0.4, 0.5) is 23.7 Å². The van der Waals surface area contributed by atoms with Gasteiger partial charge in [0.1, 0.15) is 0 Å². The largest absolute Gasteiger partial charge is 0.416 e. The summed E-state index contributed by atoms with van der Waals surface area (Å²) >= 11 is 0. The molecule has 0 unspecified atom stereocenters. The standard InChI is InChI=1S/C21H26F3N2O4P/c1-3-13-29-31(28,30-14-4-2)19(16-9-6-5-7-10-16)26-20(27)25-18-12-8-11-17(15-18)21(22,23)24/h5-12,15,19H,3-4,13-14H2,1-2H3,(H2,25,26,27)/t19-/m0/s1. The van der Waals surface area contributed by atoms with Crippen molar-refractivity contribution in [3.05, 3.63) is 65.7 Å². The zero-order valence-electron chi connectivity index (χ0n) is 17.3. The summed E-state index contributed by atoms with van der Waals surface area (Å²) in [6, 6.07) is 11.9. The third-order valence-corrected chi connectivity index (χ3v) is 6.24. The SMILES string of the molecule is CCCOP(=O)(OCCC)[C@H](NC(=O)Nc1cccc(C(F)(F)F)c1)c1ccccc1. The average Bonchev–Trinajstić information content (AvgIpc) is 2.75. The Morgan fingerprint density at radius 2 is 1.61 bits per heavy atom. The van der Waals surface area contributed by atoms with E-state index >= 15 is 0 Å². The second-order valence-corrected chi connectivity index (χ2v) is 8.81. The summed E-state index contributed by atoms with van der Waals surface area (Å²) in [4.78, 5) is 12.6. The molecular weight excluding hydrogens is 432 g/mol. The molecule has 2 N–H and O–H groups in total. The van der Waals surface area contributed by atoms with Crippen LogP contribution in [0.3, 0.4) is 0 Å². The number of nitrogens with one attached hydrogen (secondary N) is 2. The fourth-order valence-electron chi connectivity index (χ4n) is 2.67. The van der Waals surface area contributed by atoms with Gasteiger partial charge in [0.15, 0.2) is 5.78 Å². The van der Waals surface area contributed by atoms with Crippen molar-refractivity contribution >= 4 is 19.3 Å². The van der Waals surface area contributed by atoms with E-state index in [1.54, 1.807) is 30.3 Å². The van der Waals surface area contributed by atoms with Crippen LogP contribution in [0.5, 0.6) is 0 Å². The van der Waals surface area contributed by atoms with Crippen LogP contribution < -0.4 is 10.6 Å².